The van der Waals surface area contributed by atoms with E-state index < -0.39 is 0 Å². The summed E-state index contributed by atoms with van der Waals surface area (Å²) in [6.45, 7) is 1.07. The molecule has 2 heteroatoms. The number of aliphatic imine (C=N–C) groups is 1. The van der Waals surface area contributed by atoms with E-state index in [4.69, 9.17) is 0 Å². The first-order chi connectivity index (χ1) is 5.50. The van der Waals surface area contributed by atoms with Gasteiger partial charge in [0.1, 0.15) is 0 Å². The Labute approximate surface area is 67.0 Å². The molecule has 0 unspecified atom stereocenters. The number of hydrogen-bond acceptors (Lipinski definition) is 2. The Bertz CT molecular complexity index is 161. The molecule has 0 aromatic carbocycles. The van der Waals surface area contributed by atoms with E-state index in [-0.39, 0.29) is 0 Å². The Morgan fingerprint density at radius 3 is 2.00 bits per heavy atom. The fourth-order valence-electron chi connectivity index (χ4n) is 0.769. The number of nitrogens with zero attached hydrogens (tertiary/aromatic N) is 2. The molecule has 0 atom stereocenters. The molecule has 1 aromatic heterocycles. The molecule has 0 bridgehead atoms. The molecule has 1 aromatic rings. The summed E-state index contributed by atoms with van der Waals surface area (Å²) in [5.41, 5.74) is 0. The smallest absolute Gasteiger partial charge is 0.0388 e. The van der Waals surface area contributed by atoms with Crippen LogP contribution in [-0.4, -0.2) is 17.7 Å². The summed E-state index contributed by atoms with van der Waals surface area (Å²) >= 11 is 0. The molecule has 0 spiro atoms. The van der Waals surface area contributed by atoms with E-state index in [0.29, 0.717) is 0 Å². The first-order valence-electron chi connectivity index (χ1n) is 3.83. The van der Waals surface area contributed by atoms with Crippen LogP contribution in [0.3, 0.4) is 0 Å². The highest BCUT2D eigenvalue weighted by Gasteiger charge is 1.85. The quantitative estimate of drug-likeness (QED) is 0.552. The maximum absolute atomic E-state index is 3.96. The maximum atomic E-state index is 3.96. The Kier molecular flexibility index (Phi) is 4.03. The van der Waals surface area contributed by atoms with Crippen LogP contribution in [0.5, 0.6) is 0 Å². The van der Waals surface area contributed by atoms with E-state index in [0.717, 1.165) is 6.54 Å². The van der Waals surface area contributed by atoms with Crippen molar-refractivity contribution < 1.29 is 0 Å². The van der Waals surface area contributed by atoms with Crippen molar-refractivity contribution in [3.63, 3.8) is 0 Å². The molecule has 0 N–H and O–H groups in total. The van der Waals surface area contributed by atoms with Gasteiger partial charge in [0, 0.05) is 18.9 Å². The van der Waals surface area contributed by atoms with Gasteiger partial charge in [-0.25, -0.2) is 0 Å². The minimum Gasteiger partial charge on any atom is -0.298 e. The van der Waals surface area contributed by atoms with Crippen LogP contribution in [0.25, 0.3) is 0 Å². The van der Waals surface area contributed by atoms with Gasteiger partial charge < -0.3 is 0 Å². The van der Waals surface area contributed by atoms with Gasteiger partial charge in [-0.2, -0.15) is 0 Å². The highest BCUT2D eigenvalue weighted by molar-refractivity contribution is 5.58. The molecule has 2 nitrogen and oxygen atoms in total. The predicted octanol–water partition coefficient (Wildman–Crippen LogP) is 1.93. The van der Waals surface area contributed by atoms with E-state index in [1.807, 2.05) is 24.4 Å². The van der Waals surface area contributed by atoms with Gasteiger partial charge in [-0.05, 0) is 31.2 Å². The van der Waals surface area contributed by atoms with E-state index in [1.165, 1.54) is 12.8 Å². The minimum atomic E-state index is 1.07. The number of pyridine rings is 1. The molecule has 0 fully saturated rings. The van der Waals surface area contributed by atoms with Crippen LogP contribution in [-0.2, 0) is 0 Å². The van der Waals surface area contributed by atoms with Crippen LogP contribution in [0.1, 0.15) is 12.8 Å². The van der Waals surface area contributed by atoms with Gasteiger partial charge in [-0.1, -0.05) is 6.07 Å². The monoisotopic (exact) mass is 148 g/mol. The zero-order valence-electron chi connectivity index (χ0n) is 6.48. The lowest BCUT2D eigenvalue weighted by atomic mass is 10.4. The largest absolute Gasteiger partial charge is 0.298 e. The molecule has 0 amide bonds. The fraction of sp³-hybridized carbons (Fsp3) is 0.333. The summed E-state index contributed by atoms with van der Waals surface area (Å²) in [4.78, 5) is 7.74. The van der Waals surface area contributed by atoms with Crippen molar-refractivity contribution in [3.05, 3.63) is 30.6 Å². The summed E-state index contributed by atoms with van der Waals surface area (Å²) in [6.07, 6.45) is 7.97. The predicted molar refractivity (Wildman–Crippen MR) is 46.8 cm³/mol. The average molecular weight is 148 g/mol. The van der Waals surface area contributed by atoms with Crippen LogP contribution >= 0.6 is 0 Å². The molecule has 0 aliphatic carbocycles. The number of aromatic nitrogens is 1. The third-order valence-electron chi connectivity index (χ3n) is 1.32. The Balaban J connectivity index is 0.000000112. The normalized spacial score (nSPS) is 13.8. The topological polar surface area (TPSA) is 25.2 Å². The SMILES string of the molecule is C1=NCCC1.c1ccncc1. The second-order valence-corrected chi connectivity index (χ2v) is 2.26. The van der Waals surface area contributed by atoms with Crippen molar-refractivity contribution in [2.75, 3.05) is 6.54 Å². The van der Waals surface area contributed by atoms with Gasteiger partial charge in [0.15, 0.2) is 0 Å². The summed E-state index contributed by atoms with van der Waals surface area (Å²) in [7, 11) is 0. The molecule has 2 heterocycles. The van der Waals surface area contributed by atoms with Gasteiger partial charge in [-0.15, -0.1) is 0 Å². The van der Waals surface area contributed by atoms with E-state index in [9.17, 15) is 0 Å². The Hall–Kier alpha value is -1.18. The van der Waals surface area contributed by atoms with Gasteiger partial charge in [0.05, 0.1) is 0 Å². The van der Waals surface area contributed by atoms with Crippen LogP contribution in [0.15, 0.2) is 35.6 Å². The lowest BCUT2D eigenvalue weighted by Gasteiger charge is -1.70. The van der Waals surface area contributed by atoms with Crippen molar-refractivity contribution in [2.24, 2.45) is 4.99 Å². The van der Waals surface area contributed by atoms with E-state index in [1.54, 1.807) is 12.4 Å². The molecule has 0 saturated heterocycles. The number of hydrogen-bond donors (Lipinski definition) is 0. The molecule has 58 valence electrons. The van der Waals surface area contributed by atoms with Crippen molar-refractivity contribution in [2.45, 2.75) is 12.8 Å². The molecule has 11 heavy (non-hydrogen) atoms. The molecule has 1 aliphatic rings. The third-order valence-corrected chi connectivity index (χ3v) is 1.32. The first kappa shape index (κ1) is 7.92. The second kappa shape index (κ2) is 5.59. The molecule has 2 rings (SSSR count). The average Bonchev–Trinajstić information content (AvgIpc) is 2.64. The van der Waals surface area contributed by atoms with Crippen LogP contribution in [0.4, 0.5) is 0 Å². The van der Waals surface area contributed by atoms with Crippen molar-refractivity contribution >= 4 is 6.21 Å². The lowest BCUT2D eigenvalue weighted by molar-refractivity contribution is 0.952. The van der Waals surface area contributed by atoms with Crippen LogP contribution in [0, 0.1) is 0 Å². The summed E-state index contributed by atoms with van der Waals surface area (Å²) < 4.78 is 0. The lowest BCUT2D eigenvalue weighted by Crippen LogP contribution is -1.62. The molecule has 0 radical (unpaired) electrons. The molecular weight excluding hydrogens is 136 g/mol. The zero-order valence-corrected chi connectivity index (χ0v) is 6.48. The Morgan fingerprint density at radius 1 is 1.00 bits per heavy atom. The summed E-state index contributed by atoms with van der Waals surface area (Å²) in [5.74, 6) is 0. The highest BCUT2D eigenvalue weighted by atomic mass is 14.7. The zero-order chi connectivity index (χ0) is 7.78. The van der Waals surface area contributed by atoms with Crippen molar-refractivity contribution in [1.29, 1.82) is 0 Å². The maximum Gasteiger partial charge on any atom is 0.0388 e. The van der Waals surface area contributed by atoms with Gasteiger partial charge in [0.2, 0.25) is 0 Å². The summed E-state index contributed by atoms with van der Waals surface area (Å²) in [6, 6.07) is 5.72. The van der Waals surface area contributed by atoms with Crippen LogP contribution < -0.4 is 0 Å². The van der Waals surface area contributed by atoms with Crippen molar-refractivity contribution in [1.82, 2.24) is 4.98 Å². The minimum absolute atomic E-state index is 1.07. The Morgan fingerprint density at radius 2 is 1.82 bits per heavy atom. The first-order valence-corrected chi connectivity index (χ1v) is 3.83. The third kappa shape index (κ3) is 4.25. The van der Waals surface area contributed by atoms with Gasteiger partial charge >= 0.3 is 0 Å². The van der Waals surface area contributed by atoms with Gasteiger partial charge in [0.25, 0.3) is 0 Å². The fourth-order valence-corrected chi connectivity index (χ4v) is 0.769. The molecule has 1 aliphatic heterocycles. The number of rotatable bonds is 0. The highest BCUT2D eigenvalue weighted by Crippen LogP contribution is 1.92. The van der Waals surface area contributed by atoms with E-state index >= 15 is 0 Å². The summed E-state index contributed by atoms with van der Waals surface area (Å²) in [5, 5.41) is 0. The molecule has 0 saturated carbocycles. The standard InChI is InChI=1S/C5H5N.C4H7N/c1-2-4-6-5-3-1;1-2-4-5-3-1/h1-5H;3H,1-2,4H2. The van der Waals surface area contributed by atoms with Gasteiger partial charge in [-0.3, -0.25) is 9.98 Å². The van der Waals surface area contributed by atoms with Crippen LogP contribution in [0.2, 0.25) is 0 Å². The molecular formula is C9H12N2. The van der Waals surface area contributed by atoms with E-state index in [2.05, 4.69) is 9.98 Å². The second-order valence-electron chi connectivity index (χ2n) is 2.26. The van der Waals surface area contributed by atoms with Crippen molar-refractivity contribution in [3.8, 4) is 0 Å².